The fourth-order valence-electron chi connectivity index (χ4n) is 4.64. The largest absolute Gasteiger partial charge is 0.496 e. The van der Waals surface area contributed by atoms with Crippen molar-refractivity contribution in [3.05, 3.63) is 102 Å². The molecule has 1 atom stereocenters. The molecule has 0 saturated heterocycles. The molecular weight excluding hydrogens is 512 g/mol. The van der Waals surface area contributed by atoms with Crippen LogP contribution in [0.15, 0.2) is 75.7 Å². The Morgan fingerprint density at radius 2 is 1.78 bits per heavy atom. The number of esters is 1. The number of fused-ring (bicyclic) bond motifs is 2. The number of allylic oxidation sites excluding steroid dienone is 1. The predicted octanol–water partition coefficient (Wildman–Crippen LogP) is 4.23. The molecular formula is C28H23ClN2O5S. The maximum absolute atomic E-state index is 14.0. The second kappa shape index (κ2) is 9.88. The molecule has 0 bridgehead atoms. The quantitative estimate of drug-likeness (QED) is 0.358. The van der Waals surface area contributed by atoms with Crippen molar-refractivity contribution in [3.63, 3.8) is 0 Å². The highest BCUT2D eigenvalue weighted by Gasteiger charge is 2.35. The van der Waals surface area contributed by atoms with E-state index >= 15 is 0 Å². The number of methoxy groups -OCH3 is 3. The number of aromatic nitrogens is 1. The third kappa shape index (κ3) is 4.22. The van der Waals surface area contributed by atoms with E-state index in [1.165, 1.54) is 30.1 Å². The Hall–Kier alpha value is -3.88. The second-order valence-corrected chi connectivity index (χ2v) is 9.81. The zero-order valence-corrected chi connectivity index (χ0v) is 22.1. The maximum atomic E-state index is 14.0. The average molecular weight is 535 g/mol. The van der Waals surface area contributed by atoms with E-state index < -0.39 is 12.0 Å². The minimum atomic E-state index is -0.839. The summed E-state index contributed by atoms with van der Waals surface area (Å²) in [6.45, 7) is 1.72. The highest BCUT2D eigenvalue weighted by atomic mass is 35.5. The molecule has 7 nitrogen and oxygen atoms in total. The van der Waals surface area contributed by atoms with Crippen LogP contribution in [0.2, 0.25) is 5.02 Å². The molecule has 0 amide bonds. The summed E-state index contributed by atoms with van der Waals surface area (Å²) in [5.41, 5.74) is 1.73. The Morgan fingerprint density at radius 3 is 2.51 bits per heavy atom. The summed E-state index contributed by atoms with van der Waals surface area (Å²) >= 11 is 7.58. The van der Waals surface area contributed by atoms with Crippen LogP contribution in [0.3, 0.4) is 0 Å². The SMILES string of the molecule is COC(=O)C1=C(C)N=c2s/c(=C\c3c(OC)ccc4ccccc34)c(=O)n2[C@@H]1c1cc(Cl)ccc1OC. The van der Waals surface area contributed by atoms with E-state index in [9.17, 15) is 9.59 Å². The molecule has 0 unspecified atom stereocenters. The summed E-state index contributed by atoms with van der Waals surface area (Å²) in [5.74, 6) is 0.540. The number of ether oxygens (including phenoxy) is 3. The van der Waals surface area contributed by atoms with Gasteiger partial charge in [0, 0.05) is 16.1 Å². The predicted molar refractivity (Wildman–Crippen MR) is 144 cm³/mol. The molecule has 0 spiro atoms. The molecule has 0 aliphatic carbocycles. The highest BCUT2D eigenvalue weighted by molar-refractivity contribution is 7.07. The van der Waals surface area contributed by atoms with Crippen molar-refractivity contribution in [2.75, 3.05) is 21.3 Å². The van der Waals surface area contributed by atoms with E-state index in [0.29, 0.717) is 37.1 Å². The van der Waals surface area contributed by atoms with Gasteiger partial charge in [-0.3, -0.25) is 9.36 Å². The van der Waals surface area contributed by atoms with Crippen LogP contribution in [0.4, 0.5) is 0 Å². The van der Waals surface area contributed by atoms with Gasteiger partial charge in [-0.25, -0.2) is 9.79 Å². The van der Waals surface area contributed by atoms with Gasteiger partial charge in [0.05, 0.1) is 37.1 Å². The van der Waals surface area contributed by atoms with Crippen LogP contribution >= 0.6 is 22.9 Å². The first-order chi connectivity index (χ1) is 17.9. The summed E-state index contributed by atoms with van der Waals surface area (Å²) in [6, 6.07) is 16.0. The van der Waals surface area contributed by atoms with Gasteiger partial charge in [-0.1, -0.05) is 53.3 Å². The zero-order chi connectivity index (χ0) is 26.3. The fraction of sp³-hybridized carbons (Fsp3) is 0.179. The van der Waals surface area contributed by atoms with E-state index in [1.54, 1.807) is 32.2 Å². The summed E-state index contributed by atoms with van der Waals surface area (Å²) in [6.07, 6.45) is 1.81. The lowest BCUT2D eigenvalue weighted by molar-refractivity contribution is -0.136. The van der Waals surface area contributed by atoms with Crippen LogP contribution < -0.4 is 24.4 Å². The van der Waals surface area contributed by atoms with Crippen LogP contribution in [0, 0.1) is 0 Å². The smallest absolute Gasteiger partial charge is 0.338 e. The fourth-order valence-corrected chi connectivity index (χ4v) is 5.85. The van der Waals surface area contributed by atoms with Gasteiger partial charge in [0.1, 0.15) is 17.5 Å². The topological polar surface area (TPSA) is 79.1 Å². The molecule has 37 heavy (non-hydrogen) atoms. The van der Waals surface area contributed by atoms with Gasteiger partial charge in [0.25, 0.3) is 5.56 Å². The number of rotatable bonds is 5. The normalized spacial score (nSPS) is 15.4. The Bertz CT molecular complexity index is 1770. The lowest BCUT2D eigenvalue weighted by atomic mass is 9.95. The average Bonchev–Trinajstić information content (AvgIpc) is 3.21. The van der Waals surface area contributed by atoms with Crippen molar-refractivity contribution < 1.29 is 19.0 Å². The van der Waals surface area contributed by atoms with Gasteiger partial charge in [-0.15, -0.1) is 0 Å². The molecule has 0 radical (unpaired) electrons. The van der Waals surface area contributed by atoms with Crippen LogP contribution in [-0.4, -0.2) is 31.9 Å². The summed E-state index contributed by atoms with van der Waals surface area (Å²) in [7, 11) is 4.42. The second-order valence-electron chi connectivity index (χ2n) is 8.36. The first-order valence-electron chi connectivity index (χ1n) is 11.4. The Kier molecular flexibility index (Phi) is 6.62. The number of hydrogen-bond acceptors (Lipinski definition) is 7. The van der Waals surface area contributed by atoms with Crippen LogP contribution in [-0.2, 0) is 9.53 Å². The van der Waals surface area contributed by atoms with E-state index in [1.807, 2.05) is 42.5 Å². The van der Waals surface area contributed by atoms with Gasteiger partial charge in [-0.2, -0.15) is 0 Å². The number of thiazole rings is 1. The van der Waals surface area contributed by atoms with E-state index in [2.05, 4.69) is 4.99 Å². The Labute approximate surface area is 221 Å². The Balaban J connectivity index is 1.83. The first kappa shape index (κ1) is 24.8. The minimum Gasteiger partial charge on any atom is -0.496 e. The van der Waals surface area contributed by atoms with Crippen molar-refractivity contribution in [2.24, 2.45) is 4.99 Å². The number of benzene rings is 3. The molecule has 1 aliphatic rings. The molecule has 4 aromatic rings. The standard InChI is InChI=1S/C28H23ClN2O5S/c1-15-24(27(33)36-4)25(20-13-17(29)10-12-22(20)35-3)31-26(32)23(37-28(31)30-15)14-19-18-8-6-5-7-16(18)9-11-21(19)34-2/h5-14,25H,1-4H3/b23-14-/t25-/m1/s1. The first-order valence-corrected chi connectivity index (χ1v) is 12.6. The molecule has 3 aromatic carbocycles. The molecule has 5 rings (SSSR count). The molecule has 0 saturated carbocycles. The van der Waals surface area contributed by atoms with Crippen LogP contribution in [0.25, 0.3) is 16.8 Å². The minimum absolute atomic E-state index is 0.241. The van der Waals surface area contributed by atoms with Crippen molar-refractivity contribution in [1.82, 2.24) is 4.57 Å². The van der Waals surface area contributed by atoms with Gasteiger partial charge in [0.15, 0.2) is 4.80 Å². The van der Waals surface area contributed by atoms with Gasteiger partial charge in [0.2, 0.25) is 0 Å². The molecule has 0 N–H and O–H groups in total. The Morgan fingerprint density at radius 1 is 1.05 bits per heavy atom. The molecule has 2 heterocycles. The third-order valence-corrected chi connectivity index (χ3v) is 7.56. The summed E-state index contributed by atoms with van der Waals surface area (Å²) in [4.78, 5) is 32.0. The lowest BCUT2D eigenvalue weighted by Gasteiger charge is -2.25. The molecule has 0 fully saturated rings. The zero-order valence-electron chi connectivity index (χ0n) is 20.6. The summed E-state index contributed by atoms with van der Waals surface area (Å²) < 4.78 is 18.2. The van der Waals surface area contributed by atoms with Crippen molar-refractivity contribution in [3.8, 4) is 11.5 Å². The number of hydrogen-bond donors (Lipinski definition) is 0. The molecule has 9 heteroatoms. The van der Waals surface area contributed by atoms with Gasteiger partial charge < -0.3 is 14.2 Å². The van der Waals surface area contributed by atoms with E-state index in [4.69, 9.17) is 25.8 Å². The van der Waals surface area contributed by atoms with E-state index in [-0.39, 0.29) is 11.1 Å². The van der Waals surface area contributed by atoms with Crippen molar-refractivity contribution in [2.45, 2.75) is 13.0 Å². The molecule has 1 aliphatic heterocycles. The van der Waals surface area contributed by atoms with Crippen LogP contribution in [0.1, 0.15) is 24.1 Å². The highest BCUT2D eigenvalue weighted by Crippen LogP contribution is 2.37. The number of carbonyl (C=O) groups is 1. The lowest BCUT2D eigenvalue weighted by Crippen LogP contribution is -2.40. The van der Waals surface area contributed by atoms with Crippen molar-refractivity contribution >= 4 is 45.8 Å². The van der Waals surface area contributed by atoms with E-state index in [0.717, 1.165) is 16.3 Å². The third-order valence-electron chi connectivity index (χ3n) is 6.34. The summed E-state index contributed by atoms with van der Waals surface area (Å²) in [5, 5.41) is 2.41. The molecule has 1 aromatic heterocycles. The number of nitrogens with zero attached hydrogens (tertiary/aromatic N) is 2. The monoisotopic (exact) mass is 534 g/mol. The maximum Gasteiger partial charge on any atom is 0.338 e. The number of halogens is 1. The van der Waals surface area contributed by atoms with Crippen LogP contribution in [0.5, 0.6) is 11.5 Å². The molecule has 188 valence electrons. The van der Waals surface area contributed by atoms with Crippen molar-refractivity contribution in [1.29, 1.82) is 0 Å². The number of carbonyl (C=O) groups excluding carboxylic acids is 1. The van der Waals surface area contributed by atoms with Gasteiger partial charge >= 0.3 is 5.97 Å². The van der Waals surface area contributed by atoms with Gasteiger partial charge in [-0.05, 0) is 48.0 Å².